The van der Waals surface area contributed by atoms with Crippen LogP contribution in [0.4, 0.5) is 0 Å². The van der Waals surface area contributed by atoms with Crippen molar-refractivity contribution in [3.05, 3.63) is 82.6 Å². The van der Waals surface area contributed by atoms with Crippen LogP contribution in [0.25, 0.3) is 11.1 Å². The number of halogens is 1. The van der Waals surface area contributed by atoms with Crippen LogP contribution in [0.5, 0.6) is 5.75 Å². The van der Waals surface area contributed by atoms with Crippen molar-refractivity contribution in [1.29, 1.82) is 0 Å². The third kappa shape index (κ3) is 5.16. The normalized spacial score (nSPS) is 17.4. The van der Waals surface area contributed by atoms with E-state index in [0.29, 0.717) is 18.6 Å². The van der Waals surface area contributed by atoms with Gasteiger partial charge in [0.25, 0.3) is 0 Å². The Kier molecular flexibility index (Phi) is 6.94. The van der Waals surface area contributed by atoms with Crippen LogP contribution in [0.2, 0.25) is 5.02 Å². The van der Waals surface area contributed by atoms with Gasteiger partial charge >= 0.3 is 0 Å². The average molecular weight is 476 g/mol. The monoisotopic (exact) mass is 475 g/mol. The molecule has 2 fully saturated rings. The van der Waals surface area contributed by atoms with Gasteiger partial charge in [-0.1, -0.05) is 68.6 Å². The standard InChI is InChI=1S/C30H34ClNO2/c1-3-4-7-21(2)22-10-13-28(31)23(18-22)20-33-30(15-16-30)27-19-32-17-14-25(27)26-8-5-6-9-29(26)34-24-11-12-24/h5-6,8-10,13-14,17-19,21,24H,3-4,7,11-12,15-16,20H2,1-2H3/t21-/m0/s1. The maximum Gasteiger partial charge on any atom is 0.127 e. The smallest absolute Gasteiger partial charge is 0.127 e. The summed E-state index contributed by atoms with van der Waals surface area (Å²) in [6, 6.07) is 16.9. The van der Waals surface area contributed by atoms with Gasteiger partial charge in [0.15, 0.2) is 0 Å². The highest BCUT2D eigenvalue weighted by Gasteiger charge is 2.47. The van der Waals surface area contributed by atoms with Crippen molar-refractivity contribution >= 4 is 11.6 Å². The maximum atomic E-state index is 6.64. The Bertz CT molecular complexity index is 1140. The number of nitrogens with zero attached hydrogens (tertiary/aromatic N) is 1. The van der Waals surface area contributed by atoms with Crippen molar-refractivity contribution in [2.75, 3.05) is 0 Å². The van der Waals surface area contributed by atoms with E-state index in [2.05, 4.69) is 55.2 Å². The minimum absolute atomic E-state index is 0.316. The molecule has 1 heterocycles. The van der Waals surface area contributed by atoms with Crippen LogP contribution < -0.4 is 4.74 Å². The van der Waals surface area contributed by atoms with Gasteiger partial charge in [0.2, 0.25) is 0 Å². The first-order valence-electron chi connectivity index (χ1n) is 12.7. The van der Waals surface area contributed by atoms with E-state index in [9.17, 15) is 0 Å². The summed E-state index contributed by atoms with van der Waals surface area (Å²) in [5.41, 5.74) is 5.50. The summed E-state index contributed by atoms with van der Waals surface area (Å²) < 4.78 is 12.9. The van der Waals surface area contributed by atoms with E-state index in [-0.39, 0.29) is 5.60 Å². The largest absolute Gasteiger partial charge is 0.490 e. The number of para-hydroxylation sites is 1. The summed E-state index contributed by atoms with van der Waals surface area (Å²) in [7, 11) is 0. The van der Waals surface area contributed by atoms with Gasteiger partial charge in [0.05, 0.1) is 18.3 Å². The highest BCUT2D eigenvalue weighted by atomic mass is 35.5. The van der Waals surface area contributed by atoms with E-state index in [4.69, 9.17) is 21.1 Å². The fourth-order valence-electron chi connectivity index (χ4n) is 4.66. The molecule has 1 aromatic heterocycles. The van der Waals surface area contributed by atoms with Gasteiger partial charge in [-0.25, -0.2) is 0 Å². The number of pyridine rings is 1. The van der Waals surface area contributed by atoms with Crippen molar-refractivity contribution in [3.8, 4) is 16.9 Å². The molecule has 2 aromatic carbocycles. The van der Waals surface area contributed by atoms with E-state index in [0.717, 1.165) is 58.7 Å². The Morgan fingerprint density at radius 2 is 1.91 bits per heavy atom. The van der Waals surface area contributed by atoms with Crippen LogP contribution in [-0.4, -0.2) is 11.1 Å². The van der Waals surface area contributed by atoms with Crippen LogP contribution >= 0.6 is 11.6 Å². The minimum Gasteiger partial charge on any atom is -0.490 e. The molecule has 34 heavy (non-hydrogen) atoms. The zero-order valence-corrected chi connectivity index (χ0v) is 21.0. The Hall–Kier alpha value is -2.36. The number of rotatable bonds is 11. The molecule has 0 amide bonds. The molecule has 2 aliphatic carbocycles. The van der Waals surface area contributed by atoms with Gasteiger partial charge in [-0.2, -0.15) is 0 Å². The van der Waals surface area contributed by atoms with E-state index in [1.165, 1.54) is 24.8 Å². The predicted molar refractivity (Wildman–Crippen MR) is 138 cm³/mol. The SMILES string of the molecule is CCCC[C@H](C)c1ccc(Cl)c(COC2(c3cnccc3-c3ccccc3OC3CC3)CC2)c1. The lowest BCUT2D eigenvalue weighted by Gasteiger charge is -2.22. The third-order valence-electron chi connectivity index (χ3n) is 7.14. The molecule has 0 bridgehead atoms. The van der Waals surface area contributed by atoms with Crippen LogP contribution in [0, 0.1) is 0 Å². The molecule has 5 rings (SSSR count). The number of aromatic nitrogens is 1. The average Bonchev–Trinajstić information content (AvgIpc) is 3.79. The van der Waals surface area contributed by atoms with Gasteiger partial charge in [-0.15, -0.1) is 0 Å². The molecule has 3 aromatic rings. The highest BCUT2D eigenvalue weighted by Crippen LogP contribution is 2.53. The number of benzene rings is 2. The molecule has 178 valence electrons. The maximum absolute atomic E-state index is 6.64. The van der Waals surface area contributed by atoms with Crippen molar-refractivity contribution in [2.24, 2.45) is 0 Å². The van der Waals surface area contributed by atoms with Crippen molar-refractivity contribution in [3.63, 3.8) is 0 Å². The summed E-state index contributed by atoms with van der Waals surface area (Å²) in [6.07, 6.45) is 12.1. The summed E-state index contributed by atoms with van der Waals surface area (Å²) >= 11 is 6.59. The second-order valence-electron chi connectivity index (χ2n) is 9.91. The first kappa shape index (κ1) is 23.4. The Balaban J connectivity index is 1.38. The summed E-state index contributed by atoms with van der Waals surface area (Å²) in [4.78, 5) is 4.47. The summed E-state index contributed by atoms with van der Waals surface area (Å²) in [6.45, 7) is 5.04. The molecule has 0 spiro atoms. The molecule has 4 heteroatoms. The van der Waals surface area contributed by atoms with E-state index in [1.807, 2.05) is 24.5 Å². The molecular formula is C30H34ClNO2. The molecule has 2 aliphatic rings. The lowest BCUT2D eigenvalue weighted by molar-refractivity contribution is 0.0173. The summed E-state index contributed by atoms with van der Waals surface area (Å²) in [5, 5.41) is 0.775. The zero-order valence-electron chi connectivity index (χ0n) is 20.2. The molecule has 0 unspecified atom stereocenters. The van der Waals surface area contributed by atoms with Gasteiger partial charge in [-0.05, 0) is 72.9 Å². The molecular weight excluding hydrogens is 442 g/mol. The molecule has 0 N–H and O–H groups in total. The van der Waals surface area contributed by atoms with Gasteiger partial charge in [0.1, 0.15) is 5.75 Å². The van der Waals surface area contributed by atoms with Gasteiger partial charge in [-0.3, -0.25) is 4.98 Å². The van der Waals surface area contributed by atoms with E-state index >= 15 is 0 Å². The highest BCUT2D eigenvalue weighted by molar-refractivity contribution is 6.31. The number of hydrogen-bond donors (Lipinski definition) is 0. The van der Waals surface area contributed by atoms with Crippen molar-refractivity contribution in [2.45, 2.75) is 83.0 Å². The zero-order chi connectivity index (χ0) is 23.5. The van der Waals surface area contributed by atoms with Gasteiger partial charge in [0, 0.05) is 28.5 Å². The molecule has 3 nitrogen and oxygen atoms in total. The lowest BCUT2D eigenvalue weighted by atomic mass is 9.94. The Morgan fingerprint density at radius 3 is 2.68 bits per heavy atom. The number of unbranched alkanes of at least 4 members (excludes halogenated alkanes) is 1. The Morgan fingerprint density at radius 1 is 1.09 bits per heavy atom. The van der Waals surface area contributed by atoms with Crippen LogP contribution in [0.3, 0.4) is 0 Å². The van der Waals surface area contributed by atoms with Gasteiger partial charge < -0.3 is 9.47 Å². The van der Waals surface area contributed by atoms with Crippen LogP contribution in [0.1, 0.15) is 81.4 Å². The molecule has 0 saturated heterocycles. The van der Waals surface area contributed by atoms with Crippen molar-refractivity contribution < 1.29 is 9.47 Å². The fraction of sp³-hybridized carbons (Fsp3) is 0.433. The van der Waals surface area contributed by atoms with Crippen molar-refractivity contribution in [1.82, 2.24) is 4.98 Å². The summed E-state index contributed by atoms with van der Waals surface area (Å²) in [5.74, 6) is 1.48. The fourth-order valence-corrected chi connectivity index (χ4v) is 4.83. The quantitative estimate of drug-likeness (QED) is 0.278. The van der Waals surface area contributed by atoms with Crippen LogP contribution in [0.15, 0.2) is 60.9 Å². The molecule has 1 atom stereocenters. The predicted octanol–water partition coefficient (Wildman–Crippen LogP) is 8.44. The Labute approximate surface area is 208 Å². The number of hydrogen-bond acceptors (Lipinski definition) is 3. The van der Waals surface area contributed by atoms with E-state index in [1.54, 1.807) is 0 Å². The molecule has 0 aliphatic heterocycles. The molecule has 0 radical (unpaired) electrons. The first-order valence-corrected chi connectivity index (χ1v) is 13.1. The van der Waals surface area contributed by atoms with Crippen LogP contribution in [-0.2, 0) is 16.9 Å². The first-order chi connectivity index (χ1) is 16.6. The topological polar surface area (TPSA) is 31.4 Å². The lowest BCUT2D eigenvalue weighted by Crippen LogP contribution is -2.14. The second kappa shape index (κ2) is 10.1. The van der Waals surface area contributed by atoms with E-state index < -0.39 is 0 Å². The number of ether oxygens (including phenoxy) is 2. The third-order valence-corrected chi connectivity index (χ3v) is 7.51. The minimum atomic E-state index is -0.316. The second-order valence-corrected chi connectivity index (χ2v) is 10.3. The molecule has 2 saturated carbocycles.